The van der Waals surface area contributed by atoms with Gasteiger partial charge in [0.15, 0.2) is 5.11 Å². The van der Waals surface area contributed by atoms with Crippen LogP contribution in [0, 0.1) is 0 Å². The van der Waals surface area contributed by atoms with E-state index < -0.39 is 0 Å². The predicted molar refractivity (Wildman–Crippen MR) is 85.8 cm³/mol. The summed E-state index contributed by atoms with van der Waals surface area (Å²) in [4.78, 5) is 0. The molecule has 1 aromatic heterocycles. The lowest BCUT2D eigenvalue weighted by Crippen LogP contribution is -2.28. The van der Waals surface area contributed by atoms with Crippen molar-refractivity contribution in [3.63, 3.8) is 0 Å². The van der Waals surface area contributed by atoms with E-state index in [1.807, 2.05) is 37.5 Å². The number of aromatic nitrogens is 2. The fourth-order valence-corrected chi connectivity index (χ4v) is 1.99. The highest BCUT2D eigenvalue weighted by atomic mass is 32.1. The highest BCUT2D eigenvalue weighted by Crippen LogP contribution is 2.28. The molecular weight excluding hydrogens is 288 g/mol. The van der Waals surface area contributed by atoms with Crippen molar-refractivity contribution < 1.29 is 9.47 Å². The van der Waals surface area contributed by atoms with E-state index >= 15 is 0 Å². The third kappa shape index (κ3) is 4.09. The fraction of sp³-hybridized carbons (Fsp3) is 0.286. The lowest BCUT2D eigenvalue weighted by atomic mass is 10.2. The Bertz CT molecular complexity index is 627. The number of anilines is 1. The summed E-state index contributed by atoms with van der Waals surface area (Å²) in [6.45, 7) is 0.555. The fourth-order valence-electron chi connectivity index (χ4n) is 1.81. The van der Waals surface area contributed by atoms with Crippen molar-refractivity contribution in [3.05, 3.63) is 36.2 Å². The van der Waals surface area contributed by atoms with Crippen molar-refractivity contribution in [2.45, 2.75) is 6.54 Å². The van der Waals surface area contributed by atoms with Gasteiger partial charge in [0.1, 0.15) is 11.5 Å². The maximum Gasteiger partial charge on any atom is 0.171 e. The lowest BCUT2D eigenvalue weighted by Gasteiger charge is -2.14. The molecule has 7 heteroatoms. The van der Waals surface area contributed by atoms with E-state index in [1.165, 1.54) is 0 Å². The zero-order valence-corrected chi connectivity index (χ0v) is 13.0. The van der Waals surface area contributed by atoms with Crippen LogP contribution in [0.3, 0.4) is 0 Å². The van der Waals surface area contributed by atoms with Crippen molar-refractivity contribution in [2.24, 2.45) is 7.05 Å². The van der Waals surface area contributed by atoms with E-state index in [9.17, 15) is 0 Å². The second kappa shape index (κ2) is 6.94. The maximum atomic E-state index is 5.29. The minimum atomic E-state index is 0.493. The molecule has 21 heavy (non-hydrogen) atoms. The molecule has 0 amide bonds. The molecule has 0 aliphatic rings. The molecule has 0 aliphatic heterocycles. The first kappa shape index (κ1) is 15.1. The molecule has 0 saturated heterocycles. The summed E-state index contributed by atoms with van der Waals surface area (Å²) in [6, 6.07) is 7.41. The number of methoxy groups -OCH3 is 2. The lowest BCUT2D eigenvalue weighted by molar-refractivity contribution is 0.405. The standard InChI is InChI=1S/C14H18N4O2S/c1-18-7-6-10(17-18)9-15-14(21)16-12-8-11(19-2)4-5-13(12)20-3/h4-8H,9H2,1-3H3,(H2,15,16,21). The maximum absolute atomic E-state index is 5.29. The number of hydrogen-bond donors (Lipinski definition) is 2. The number of nitrogens with zero attached hydrogens (tertiary/aromatic N) is 2. The summed E-state index contributed by atoms with van der Waals surface area (Å²) in [6.07, 6.45) is 1.89. The van der Waals surface area contributed by atoms with Crippen LogP contribution in [0.4, 0.5) is 5.69 Å². The summed E-state index contributed by atoms with van der Waals surface area (Å²) in [5.74, 6) is 1.42. The largest absolute Gasteiger partial charge is 0.497 e. The Morgan fingerprint density at radius 3 is 2.71 bits per heavy atom. The highest BCUT2D eigenvalue weighted by Gasteiger charge is 2.07. The van der Waals surface area contributed by atoms with Crippen LogP contribution >= 0.6 is 12.2 Å². The number of benzene rings is 1. The summed E-state index contributed by atoms with van der Waals surface area (Å²) >= 11 is 5.28. The van der Waals surface area contributed by atoms with E-state index in [0.29, 0.717) is 17.4 Å². The minimum Gasteiger partial charge on any atom is -0.497 e. The quantitative estimate of drug-likeness (QED) is 0.823. The van der Waals surface area contributed by atoms with E-state index in [-0.39, 0.29) is 0 Å². The zero-order chi connectivity index (χ0) is 15.2. The molecule has 0 atom stereocenters. The Hall–Kier alpha value is -2.28. The van der Waals surface area contributed by atoms with Gasteiger partial charge >= 0.3 is 0 Å². The Kier molecular flexibility index (Phi) is 4.99. The summed E-state index contributed by atoms with van der Waals surface area (Å²) in [5.41, 5.74) is 1.66. The first-order valence-electron chi connectivity index (χ1n) is 6.38. The number of nitrogens with one attached hydrogen (secondary N) is 2. The smallest absolute Gasteiger partial charge is 0.171 e. The van der Waals surface area contributed by atoms with Crippen molar-refractivity contribution in [1.29, 1.82) is 0 Å². The Balaban J connectivity index is 1.98. The van der Waals surface area contributed by atoms with Crippen LogP contribution in [0.25, 0.3) is 0 Å². The number of ether oxygens (including phenoxy) is 2. The van der Waals surface area contributed by atoms with Gasteiger partial charge in [0.05, 0.1) is 32.1 Å². The third-order valence-electron chi connectivity index (χ3n) is 2.85. The molecule has 0 unspecified atom stereocenters. The Morgan fingerprint density at radius 1 is 1.29 bits per heavy atom. The molecule has 0 saturated carbocycles. The normalized spacial score (nSPS) is 10.0. The SMILES string of the molecule is COc1ccc(OC)c(NC(=S)NCc2ccn(C)n2)c1. The van der Waals surface area contributed by atoms with Gasteiger partial charge < -0.3 is 20.1 Å². The second-order valence-electron chi connectivity index (χ2n) is 4.35. The second-order valence-corrected chi connectivity index (χ2v) is 4.76. The predicted octanol–water partition coefficient (Wildman–Crippen LogP) is 1.92. The van der Waals surface area contributed by atoms with Gasteiger partial charge in [-0.15, -0.1) is 0 Å². The molecule has 0 radical (unpaired) electrons. The molecule has 2 aromatic rings. The first-order chi connectivity index (χ1) is 10.1. The van der Waals surface area contributed by atoms with Crippen LogP contribution in [0.15, 0.2) is 30.5 Å². The summed E-state index contributed by atoms with van der Waals surface area (Å²) in [7, 11) is 5.10. The van der Waals surface area contributed by atoms with Gasteiger partial charge in [-0.3, -0.25) is 4.68 Å². The van der Waals surface area contributed by atoms with Gasteiger partial charge in [-0.05, 0) is 30.4 Å². The van der Waals surface area contributed by atoms with Crippen LogP contribution in [0.5, 0.6) is 11.5 Å². The van der Waals surface area contributed by atoms with Crippen molar-refractivity contribution in [2.75, 3.05) is 19.5 Å². The van der Waals surface area contributed by atoms with Crippen LogP contribution in [0.2, 0.25) is 0 Å². The molecule has 1 heterocycles. The molecule has 2 N–H and O–H groups in total. The van der Waals surface area contributed by atoms with Crippen molar-refractivity contribution in [3.8, 4) is 11.5 Å². The van der Waals surface area contributed by atoms with Gasteiger partial charge in [0, 0.05) is 19.3 Å². The molecule has 6 nitrogen and oxygen atoms in total. The van der Waals surface area contributed by atoms with Gasteiger partial charge in [0.2, 0.25) is 0 Å². The van der Waals surface area contributed by atoms with Gasteiger partial charge in [-0.1, -0.05) is 0 Å². The van der Waals surface area contributed by atoms with E-state index in [1.54, 1.807) is 18.9 Å². The van der Waals surface area contributed by atoms with Crippen LogP contribution in [-0.2, 0) is 13.6 Å². The topological polar surface area (TPSA) is 60.3 Å². The van der Waals surface area contributed by atoms with Crippen LogP contribution in [0.1, 0.15) is 5.69 Å². The molecule has 0 spiro atoms. The Labute approximate surface area is 129 Å². The molecule has 0 aliphatic carbocycles. The Morgan fingerprint density at radius 2 is 2.10 bits per heavy atom. The van der Waals surface area contributed by atoms with Gasteiger partial charge in [0.25, 0.3) is 0 Å². The summed E-state index contributed by atoms with van der Waals surface area (Å²) < 4.78 is 12.2. The zero-order valence-electron chi connectivity index (χ0n) is 12.2. The van der Waals surface area contributed by atoms with E-state index in [0.717, 1.165) is 17.1 Å². The van der Waals surface area contributed by atoms with Crippen LogP contribution < -0.4 is 20.1 Å². The van der Waals surface area contributed by atoms with Gasteiger partial charge in [-0.2, -0.15) is 5.10 Å². The van der Waals surface area contributed by atoms with Crippen molar-refractivity contribution >= 4 is 23.0 Å². The number of aryl methyl sites for hydroxylation is 1. The minimum absolute atomic E-state index is 0.493. The first-order valence-corrected chi connectivity index (χ1v) is 6.78. The van der Waals surface area contributed by atoms with Crippen molar-refractivity contribution in [1.82, 2.24) is 15.1 Å². The summed E-state index contributed by atoms with van der Waals surface area (Å²) in [5, 5.41) is 11.0. The molecule has 0 bridgehead atoms. The molecular formula is C14H18N4O2S. The average molecular weight is 306 g/mol. The molecule has 2 rings (SSSR count). The monoisotopic (exact) mass is 306 g/mol. The van der Waals surface area contributed by atoms with Gasteiger partial charge in [-0.25, -0.2) is 0 Å². The highest BCUT2D eigenvalue weighted by molar-refractivity contribution is 7.80. The number of thiocarbonyl (C=S) groups is 1. The number of rotatable bonds is 5. The molecule has 112 valence electrons. The van der Waals surface area contributed by atoms with Crippen LogP contribution in [-0.4, -0.2) is 29.1 Å². The third-order valence-corrected chi connectivity index (χ3v) is 3.10. The average Bonchev–Trinajstić information content (AvgIpc) is 2.90. The van der Waals surface area contributed by atoms with E-state index in [2.05, 4.69) is 15.7 Å². The molecule has 0 fully saturated rings. The molecule has 1 aromatic carbocycles. The number of hydrogen-bond acceptors (Lipinski definition) is 4. The van der Waals surface area contributed by atoms with E-state index in [4.69, 9.17) is 21.7 Å².